The van der Waals surface area contributed by atoms with Crippen molar-refractivity contribution in [1.29, 1.82) is 0 Å². The minimum absolute atomic E-state index is 0.118. The average molecular weight is 384 g/mol. The molecule has 0 aliphatic carbocycles. The Hall–Kier alpha value is -3.66. The van der Waals surface area contributed by atoms with Gasteiger partial charge < -0.3 is 19.8 Å². The van der Waals surface area contributed by atoms with Gasteiger partial charge in [-0.25, -0.2) is 0 Å². The quantitative estimate of drug-likeness (QED) is 0.408. The van der Waals surface area contributed by atoms with Crippen LogP contribution in [-0.2, 0) is 0 Å². The van der Waals surface area contributed by atoms with E-state index < -0.39 is 0 Å². The molecule has 1 atom stereocenters. The first kappa shape index (κ1) is 18.7. The van der Waals surface area contributed by atoms with Crippen molar-refractivity contribution in [3.8, 4) is 11.5 Å². The van der Waals surface area contributed by atoms with Crippen molar-refractivity contribution in [2.75, 3.05) is 19.5 Å². The molecule has 0 amide bonds. The van der Waals surface area contributed by atoms with Crippen LogP contribution in [0.3, 0.4) is 0 Å². The molecule has 146 valence electrons. The van der Waals surface area contributed by atoms with Crippen molar-refractivity contribution in [1.82, 2.24) is 4.98 Å². The van der Waals surface area contributed by atoms with E-state index >= 15 is 0 Å². The van der Waals surface area contributed by atoms with E-state index in [1.54, 1.807) is 14.2 Å². The molecule has 1 aromatic heterocycles. The van der Waals surface area contributed by atoms with Crippen LogP contribution in [0.25, 0.3) is 16.5 Å². The minimum atomic E-state index is -0.118. The number of nitrogens with one attached hydrogen (secondary N) is 2. The summed E-state index contributed by atoms with van der Waals surface area (Å²) in [4.78, 5) is 3.35. The molecule has 0 radical (unpaired) electrons. The molecule has 0 aliphatic rings. The summed E-state index contributed by atoms with van der Waals surface area (Å²) in [7, 11) is 3.30. The molecule has 4 heteroatoms. The van der Waals surface area contributed by atoms with Crippen molar-refractivity contribution < 1.29 is 9.47 Å². The molecule has 29 heavy (non-hydrogen) atoms. The first-order valence-corrected chi connectivity index (χ1v) is 9.49. The van der Waals surface area contributed by atoms with Crippen molar-refractivity contribution in [3.05, 3.63) is 96.7 Å². The molecule has 1 unspecified atom stereocenters. The lowest BCUT2D eigenvalue weighted by Crippen LogP contribution is -2.12. The summed E-state index contributed by atoms with van der Waals surface area (Å²) >= 11 is 0. The van der Waals surface area contributed by atoms with Gasteiger partial charge in [0.05, 0.1) is 20.3 Å². The Balaban J connectivity index is 1.76. The van der Waals surface area contributed by atoms with Gasteiger partial charge >= 0.3 is 0 Å². The molecule has 0 bridgehead atoms. The normalized spacial score (nSPS) is 11.8. The van der Waals surface area contributed by atoms with Gasteiger partial charge in [-0.15, -0.1) is 0 Å². The van der Waals surface area contributed by atoms with Gasteiger partial charge in [-0.2, -0.15) is 0 Å². The third-order valence-corrected chi connectivity index (χ3v) is 5.08. The summed E-state index contributed by atoms with van der Waals surface area (Å²) in [5.41, 5.74) is 5.20. The Morgan fingerprint density at radius 2 is 1.55 bits per heavy atom. The van der Waals surface area contributed by atoms with Crippen LogP contribution in [0.2, 0.25) is 0 Å². The second-order valence-corrected chi connectivity index (χ2v) is 6.86. The van der Waals surface area contributed by atoms with Crippen molar-refractivity contribution in [3.63, 3.8) is 0 Å². The standard InChI is InChI=1S/C25H24N2O2/c1-17(23-16-26-24-12-8-7-11-22(23)24)25(18-9-5-4-6-10-18)27-19-13-20(28-2)15-21(14-19)29-3/h4-16,25-27H,1H2,2-3H3. The van der Waals surface area contributed by atoms with E-state index in [9.17, 15) is 0 Å². The number of aromatic nitrogens is 1. The molecular formula is C25H24N2O2. The molecule has 4 nitrogen and oxygen atoms in total. The lowest BCUT2D eigenvalue weighted by molar-refractivity contribution is 0.394. The highest BCUT2D eigenvalue weighted by Gasteiger charge is 2.19. The molecule has 2 N–H and O–H groups in total. The third-order valence-electron chi connectivity index (χ3n) is 5.08. The largest absolute Gasteiger partial charge is 0.497 e. The Morgan fingerprint density at radius 3 is 2.24 bits per heavy atom. The average Bonchev–Trinajstić information content (AvgIpc) is 3.21. The zero-order valence-corrected chi connectivity index (χ0v) is 16.6. The van der Waals surface area contributed by atoms with Crippen LogP contribution in [0.15, 0.2) is 85.6 Å². The fourth-order valence-corrected chi connectivity index (χ4v) is 3.57. The number of methoxy groups -OCH3 is 2. The van der Waals surface area contributed by atoms with Crippen LogP contribution < -0.4 is 14.8 Å². The van der Waals surface area contributed by atoms with Crippen molar-refractivity contribution in [2.45, 2.75) is 6.04 Å². The fraction of sp³-hybridized carbons (Fsp3) is 0.120. The van der Waals surface area contributed by atoms with E-state index in [-0.39, 0.29) is 6.04 Å². The highest BCUT2D eigenvalue weighted by atomic mass is 16.5. The maximum absolute atomic E-state index is 5.43. The lowest BCUT2D eigenvalue weighted by Gasteiger charge is -2.23. The van der Waals surface area contributed by atoms with Crippen LogP contribution in [-0.4, -0.2) is 19.2 Å². The summed E-state index contributed by atoms with van der Waals surface area (Å²) in [6.45, 7) is 4.46. The van der Waals surface area contributed by atoms with Crippen LogP contribution in [0, 0.1) is 0 Å². The number of hydrogen-bond donors (Lipinski definition) is 2. The monoisotopic (exact) mass is 384 g/mol. The summed E-state index contributed by atoms with van der Waals surface area (Å²) in [5.74, 6) is 1.47. The van der Waals surface area contributed by atoms with Gasteiger partial charge in [0.15, 0.2) is 0 Å². The minimum Gasteiger partial charge on any atom is -0.497 e. The maximum Gasteiger partial charge on any atom is 0.124 e. The molecule has 0 aliphatic heterocycles. The van der Waals surface area contributed by atoms with Crippen LogP contribution in [0.4, 0.5) is 5.69 Å². The van der Waals surface area contributed by atoms with Crippen molar-refractivity contribution in [2.24, 2.45) is 0 Å². The number of para-hydroxylation sites is 1. The number of H-pyrrole nitrogens is 1. The van der Waals surface area contributed by atoms with Gasteiger partial charge in [-0.1, -0.05) is 55.1 Å². The first-order valence-electron chi connectivity index (χ1n) is 9.49. The Morgan fingerprint density at radius 1 is 0.897 bits per heavy atom. The maximum atomic E-state index is 5.43. The van der Waals surface area contributed by atoms with E-state index in [1.807, 2.05) is 54.7 Å². The van der Waals surface area contributed by atoms with Crippen LogP contribution >= 0.6 is 0 Å². The van der Waals surface area contributed by atoms with Gasteiger partial charge in [-0.05, 0) is 17.2 Å². The second-order valence-electron chi connectivity index (χ2n) is 6.86. The summed E-state index contributed by atoms with van der Waals surface area (Å²) in [6.07, 6.45) is 2.02. The number of fused-ring (bicyclic) bond motifs is 1. The molecule has 0 spiro atoms. The van der Waals surface area contributed by atoms with Gasteiger partial charge in [0.25, 0.3) is 0 Å². The van der Waals surface area contributed by atoms with E-state index in [0.29, 0.717) is 0 Å². The van der Waals surface area contributed by atoms with Crippen LogP contribution in [0.5, 0.6) is 11.5 Å². The zero-order chi connectivity index (χ0) is 20.2. The van der Waals surface area contributed by atoms with Crippen molar-refractivity contribution >= 4 is 22.2 Å². The number of rotatable bonds is 7. The predicted octanol–water partition coefficient (Wildman–Crippen LogP) is 6.05. The molecule has 0 saturated carbocycles. The number of benzene rings is 3. The molecule has 0 saturated heterocycles. The van der Waals surface area contributed by atoms with E-state index in [0.717, 1.165) is 44.8 Å². The zero-order valence-electron chi connectivity index (χ0n) is 16.6. The topological polar surface area (TPSA) is 46.3 Å². The number of anilines is 1. The highest BCUT2D eigenvalue weighted by molar-refractivity contribution is 5.94. The molecule has 1 heterocycles. The summed E-state index contributed by atoms with van der Waals surface area (Å²) < 4.78 is 10.9. The number of hydrogen-bond acceptors (Lipinski definition) is 3. The molecule has 3 aromatic carbocycles. The van der Waals surface area contributed by atoms with E-state index in [1.165, 1.54) is 0 Å². The molecular weight excluding hydrogens is 360 g/mol. The molecule has 4 aromatic rings. The lowest BCUT2D eigenvalue weighted by atomic mass is 9.93. The van der Waals surface area contributed by atoms with Gasteiger partial charge in [0.2, 0.25) is 0 Å². The second kappa shape index (κ2) is 8.15. The van der Waals surface area contributed by atoms with Gasteiger partial charge in [0, 0.05) is 46.5 Å². The molecule has 4 rings (SSSR count). The molecule has 0 fully saturated rings. The van der Waals surface area contributed by atoms with Gasteiger partial charge in [-0.3, -0.25) is 0 Å². The number of ether oxygens (including phenoxy) is 2. The Labute approximate surface area is 170 Å². The Bertz CT molecular complexity index is 1110. The predicted molar refractivity (Wildman–Crippen MR) is 120 cm³/mol. The number of aromatic amines is 1. The summed E-state index contributed by atoms with van der Waals surface area (Å²) in [5, 5.41) is 4.78. The van der Waals surface area contributed by atoms with E-state index in [4.69, 9.17) is 9.47 Å². The third kappa shape index (κ3) is 3.83. The van der Waals surface area contributed by atoms with Crippen LogP contribution in [0.1, 0.15) is 17.2 Å². The smallest absolute Gasteiger partial charge is 0.124 e. The summed E-state index contributed by atoms with van der Waals surface area (Å²) in [6, 6.07) is 24.2. The van der Waals surface area contributed by atoms with E-state index in [2.05, 4.69) is 41.1 Å². The SMILES string of the molecule is C=C(c1c[nH]c2ccccc12)C(Nc1cc(OC)cc(OC)c1)c1ccccc1. The fourth-order valence-electron chi connectivity index (χ4n) is 3.57. The van der Waals surface area contributed by atoms with Gasteiger partial charge in [0.1, 0.15) is 11.5 Å². The highest BCUT2D eigenvalue weighted by Crippen LogP contribution is 2.37. The first-order chi connectivity index (χ1) is 14.2. The Kier molecular flexibility index (Phi) is 5.25.